The van der Waals surface area contributed by atoms with E-state index in [1.165, 1.54) is 41.7 Å². The first-order valence-corrected chi connectivity index (χ1v) is 12.2. The number of anilines is 2. The SMILES string of the molecule is O=C(c1csc(Nc2ncc3c(n2)C2(CCCCC2)c2cnccc2-3)n1)N1CCNCC1. The largest absolute Gasteiger partial charge is 0.335 e. The molecule has 0 bridgehead atoms. The Morgan fingerprint density at radius 3 is 2.78 bits per heavy atom. The van der Waals surface area contributed by atoms with Gasteiger partial charge < -0.3 is 15.5 Å². The van der Waals surface area contributed by atoms with Gasteiger partial charge in [-0.2, -0.15) is 0 Å². The molecule has 2 N–H and O–H groups in total. The van der Waals surface area contributed by atoms with E-state index >= 15 is 0 Å². The number of nitrogens with one attached hydrogen (secondary N) is 2. The first-order chi connectivity index (χ1) is 15.7. The van der Waals surface area contributed by atoms with E-state index in [2.05, 4.69) is 31.7 Å². The van der Waals surface area contributed by atoms with Crippen molar-refractivity contribution in [3.05, 3.63) is 47.0 Å². The number of aromatic nitrogens is 4. The number of fused-ring (bicyclic) bond motifs is 5. The smallest absolute Gasteiger partial charge is 0.273 e. The molecule has 1 saturated heterocycles. The maximum absolute atomic E-state index is 12.7. The van der Waals surface area contributed by atoms with Crippen LogP contribution in [0.3, 0.4) is 0 Å². The molecule has 3 aromatic rings. The summed E-state index contributed by atoms with van der Waals surface area (Å²) in [7, 11) is 0. The number of hydrogen-bond donors (Lipinski definition) is 2. The van der Waals surface area contributed by atoms with Crippen LogP contribution in [-0.2, 0) is 5.41 Å². The van der Waals surface area contributed by atoms with Gasteiger partial charge in [0.15, 0.2) is 5.13 Å². The number of rotatable bonds is 3. The van der Waals surface area contributed by atoms with Gasteiger partial charge in [0.1, 0.15) is 5.69 Å². The molecule has 0 aromatic carbocycles. The Balaban J connectivity index is 1.29. The maximum Gasteiger partial charge on any atom is 0.273 e. The standard InChI is InChI=1S/C23H25N7OS/c31-20(30-10-8-24-9-11-30)18-14-32-22(27-18)29-21-26-12-16-15-4-7-25-13-17(15)23(19(16)28-21)5-2-1-3-6-23/h4,7,12-14,24H,1-3,5-6,8-11H2,(H,26,27,28,29). The average Bonchev–Trinajstić information content (AvgIpc) is 3.42. The molecule has 1 amide bonds. The molecule has 3 aromatic heterocycles. The molecule has 0 radical (unpaired) electrons. The molecule has 1 spiro atoms. The zero-order valence-electron chi connectivity index (χ0n) is 17.8. The van der Waals surface area contributed by atoms with Gasteiger partial charge in [-0.25, -0.2) is 15.0 Å². The van der Waals surface area contributed by atoms with E-state index in [1.807, 2.05) is 28.9 Å². The highest BCUT2D eigenvalue weighted by Gasteiger charge is 2.45. The number of carbonyl (C=O) groups excluding carboxylic acids is 1. The number of hydrogen-bond acceptors (Lipinski definition) is 8. The third kappa shape index (κ3) is 3.18. The number of carbonyl (C=O) groups is 1. The summed E-state index contributed by atoms with van der Waals surface area (Å²) in [6.45, 7) is 3.07. The summed E-state index contributed by atoms with van der Waals surface area (Å²) < 4.78 is 0. The highest BCUT2D eigenvalue weighted by atomic mass is 32.1. The van der Waals surface area contributed by atoms with Gasteiger partial charge in [0.05, 0.1) is 5.69 Å². The van der Waals surface area contributed by atoms with Crippen molar-refractivity contribution in [1.29, 1.82) is 0 Å². The predicted molar refractivity (Wildman–Crippen MR) is 123 cm³/mol. The summed E-state index contributed by atoms with van der Waals surface area (Å²) >= 11 is 1.41. The molecular weight excluding hydrogens is 422 g/mol. The normalized spacial score (nSPS) is 18.9. The van der Waals surface area contributed by atoms with Crippen molar-refractivity contribution in [2.24, 2.45) is 0 Å². The van der Waals surface area contributed by atoms with Crippen LogP contribution in [0.25, 0.3) is 11.1 Å². The zero-order valence-corrected chi connectivity index (χ0v) is 18.6. The van der Waals surface area contributed by atoms with E-state index in [9.17, 15) is 4.79 Å². The molecule has 2 fully saturated rings. The van der Waals surface area contributed by atoms with Crippen LogP contribution in [0.4, 0.5) is 11.1 Å². The lowest BCUT2D eigenvalue weighted by Crippen LogP contribution is -2.46. The molecule has 6 rings (SSSR count). The van der Waals surface area contributed by atoms with Crippen molar-refractivity contribution in [2.75, 3.05) is 31.5 Å². The average molecular weight is 448 g/mol. The molecule has 4 heterocycles. The van der Waals surface area contributed by atoms with Crippen LogP contribution < -0.4 is 10.6 Å². The Morgan fingerprint density at radius 2 is 1.94 bits per heavy atom. The van der Waals surface area contributed by atoms with Gasteiger partial charge >= 0.3 is 0 Å². The molecule has 0 unspecified atom stereocenters. The summed E-state index contributed by atoms with van der Waals surface area (Å²) in [5.74, 6) is 0.514. The van der Waals surface area contributed by atoms with Crippen molar-refractivity contribution in [3.63, 3.8) is 0 Å². The fraction of sp³-hybridized carbons (Fsp3) is 0.435. The van der Waals surface area contributed by atoms with Gasteiger partial charge in [0.25, 0.3) is 5.91 Å². The van der Waals surface area contributed by atoms with Gasteiger partial charge in [-0.15, -0.1) is 11.3 Å². The molecular formula is C23H25N7OS. The fourth-order valence-electron chi connectivity index (χ4n) is 5.36. The van der Waals surface area contributed by atoms with Crippen molar-refractivity contribution in [3.8, 4) is 11.1 Å². The number of nitrogens with zero attached hydrogens (tertiary/aromatic N) is 5. The highest BCUT2D eigenvalue weighted by molar-refractivity contribution is 7.14. The van der Waals surface area contributed by atoms with Crippen LogP contribution in [0.5, 0.6) is 0 Å². The molecule has 1 aliphatic heterocycles. The van der Waals surface area contributed by atoms with E-state index in [4.69, 9.17) is 4.98 Å². The van der Waals surface area contributed by atoms with Gasteiger partial charge in [-0.1, -0.05) is 19.3 Å². The molecule has 0 atom stereocenters. The van der Waals surface area contributed by atoms with Crippen LogP contribution in [-0.4, -0.2) is 56.9 Å². The predicted octanol–water partition coefficient (Wildman–Crippen LogP) is 3.35. The van der Waals surface area contributed by atoms with Gasteiger partial charge in [-0.3, -0.25) is 9.78 Å². The highest BCUT2D eigenvalue weighted by Crippen LogP contribution is 2.54. The number of amides is 1. The molecule has 9 heteroatoms. The first-order valence-electron chi connectivity index (χ1n) is 11.3. The van der Waals surface area contributed by atoms with E-state index in [1.54, 1.807) is 0 Å². The Labute approximate surface area is 190 Å². The Kier molecular flexibility index (Phi) is 4.87. The number of piperazine rings is 1. The molecule has 164 valence electrons. The van der Waals surface area contributed by atoms with E-state index in [-0.39, 0.29) is 11.3 Å². The lowest BCUT2D eigenvalue weighted by atomic mass is 9.70. The quantitative estimate of drug-likeness (QED) is 0.636. The van der Waals surface area contributed by atoms with Crippen molar-refractivity contribution in [2.45, 2.75) is 37.5 Å². The Hall–Kier alpha value is -2.91. The van der Waals surface area contributed by atoms with Crippen molar-refractivity contribution < 1.29 is 4.79 Å². The second-order valence-electron chi connectivity index (χ2n) is 8.73. The van der Waals surface area contributed by atoms with Crippen LogP contribution in [0.1, 0.15) is 53.8 Å². The minimum absolute atomic E-state index is 0.0187. The third-order valence-corrected chi connectivity index (χ3v) is 7.68. The van der Waals surface area contributed by atoms with E-state index in [0.717, 1.165) is 37.2 Å². The van der Waals surface area contributed by atoms with Crippen LogP contribution in [0.2, 0.25) is 0 Å². The Bertz CT molecular complexity index is 1160. The lowest BCUT2D eigenvalue weighted by Gasteiger charge is -2.34. The summed E-state index contributed by atoms with van der Waals surface area (Å²) in [4.78, 5) is 33.1. The second kappa shape index (κ2) is 7.90. The monoisotopic (exact) mass is 447 g/mol. The van der Waals surface area contributed by atoms with Gasteiger partial charge in [0.2, 0.25) is 5.95 Å². The van der Waals surface area contributed by atoms with E-state index in [0.29, 0.717) is 29.9 Å². The minimum atomic E-state index is -0.0666. The number of pyridine rings is 1. The summed E-state index contributed by atoms with van der Waals surface area (Å²) in [5, 5.41) is 8.96. The summed E-state index contributed by atoms with van der Waals surface area (Å²) in [6.07, 6.45) is 11.6. The van der Waals surface area contributed by atoms with Crippen molar-refractivity contribution in [1.82, 2.24) is 30.2 Å². The van der Waals surface area contributed by atoms with Crippen molar-refractivity contribution >= 4 is 28.3 Å². The Morgan fingerprint density at radius 1 is 1.09 bits per heavy atom. The maximum atomic E-state index is 12.7. The summed E-state index contributed by atoms with van der Waals surface area (Å²) in [5.41, 5.74) is 5.13. The molecule has 2 aliphatic carbocycles. The van der Waals surface area contributed by atoms with Crippen LogP contribution in [0, 0.1) is 0 Å². The fourth-order valence-corrected chi connectivity index (χ4v) is 6.04. The minimum Gasteiger partial charge on any atom is -0.335 e. The van der Waals surface area contributed by atoms with Crippen LogP contribution >= 0.6 is 11.3 Å². The third-order valence-electron chi connectivity index (χ3n) is 6.92. The topological polar surface area (TPSA) is 95.9 Å². The van der Waals surface area contributed by atoms with Gasteiger partial charge in [-0.05, 0) is 30.0 Å². The number of thiazole rings is 1. The summed E-state index contributed by atoms with van der Waals surface area (Å²) in [6, 6.07) is 2.09. The molecule has 1 saturated carbocycles. The molecule has 8 nitrogen and oxygen atoms in total. The molecule has 3 aliphatic rings. The lowest BCUT2D eigenvalue weighted by molar-refractivity contribution is 0.0731. The molecule has 32 heavy (non-hydrogen) atoms. The van der Waals surface area contributed by atoms with E-state index < -0.39 is 0 Å². The first kappa shape index (κ1) is 19.8. The zero-order chi connectivity index (χ0) is 21.5. The second-order valence-corrected chi connectivity index (χ2v) is 9.58. The van der Waals surface area contributed by atoms with Crippen LogP contribution in [0.15, 0.2) is 30.0 Å². The van der Waals surface area contributed by atoms with Gasteiger partial charge in [0, 0.05) is 61.1 Å².